The van der Waals surface area contributed by atoms with Crippen molar-refractivity contribution in [3.8, 4) is 0 Å². The first kappa shape index (κ1) is 19.8. The number of likely N-dealkylation sites (tertiary alicyclic amines) is 1. The van der Waals surface area contributed by atoms with Crippen molar-refractivity contribution in [2.24, 2.45) is 11.8 Å². The number of carbonyl (C=O) groups excluding carboxylic acids is 1. The van der Waals surface area contributed by atoms with Gasteiger partial charge in [0, 0.05) is 25.7 Å². The molecule has 30 heavy (non-hydrogen) atoms. The van der Waals surface area contributed by atoms with Crippen molar-refractivity contribution in [3.05, 3.63) is 71.3 Å². The average Bonchev–Trinajstić information content (AvgIpc) is 3.49. The highest BCUT2D eigenvalue weighted by molar-refractivity contribution is 5.79. The van der Waals surface area contributed by atoms with Crippen LogP contribution in [0.1, 0.15) is 61.1 Å². The van der Waals surface area contributed by atoms with Gasteiger partial charge in [0.25, 0.3) is 0 Å². The van der Waals surface area contributed by atoms with Crippen molar-refractivity contribution < 1.29 is 4.79 Å². The number of fused-ring (bicyclic) bond motifs is 1. The Labute approximate surface area is 180 Å². The van der Waals surface area contributed by atoms with E-state index in [1.807, 2.05) is 0 Å². The number of nitrogens with one attached hydrogen (secondary N) is 1. The maximum absolute atomic E-state index is 13.0. The van der Waals surface area contributed by atoms with E-state index in [1.165, 1.54) is 55.3 Å². The molecule has 2 aromatic carbocycles. The molecule has 1 saturated heterocycles. The standard InChI is InChI=1S/C27H34N2O/c30-27(16-22-12-6-7-13-24(22)21-10-4-5-11-21)28-26-15-14-23-18-29(19-25(23)26)17-20-8-2-1-3-9-20/h1-3,6-9,12-13,21,23,25-26H,4-5,10-11,14-19H2,(H,28,30)/t23-,25+,26-/m0/s1. The molecule has 2 saturated carbocycles. The van der Waals surface area contributed by atoms with Crippen molar-refractivity contribution in [2.45, 2.75) is 63.5 Å². The summed E-state index contributed by atoms with van der Waals surface area (Å²) in [7, 11) is 0. The van der Waals surface area contributed by atoms with Crippen LogP contribution in [0.3, 0.4) is 0 Å². The largest absolute Gasteiger partial charge is 0.353 e. The normalized spacial score (nSPS) is 26.7. The number of nitrogens with zero attached hydrogens (tertiary/aromatic N) is 1. The summed E-state index contributed by atoms with van der Waals surface area (Å²) in [6, 6.07) is 19.8. The fourth-order valence-electron chi connectivity index (χ4n) is 6.27. The van der Waals surface area contributed by atoms with E-state index < -0.39 is 0 Å². The molecule has 1 heterocycles. The van der Waals surface area contributed by atoms with Crippen LogP contribution in [0, 0.1) is 11.8 Å². The Bertz CT molecular complexity index is 858. The zero-order valence-corrected chi connectivity index (χ0v) is 17.9. The van der Waals surface area contributed by atoms with Gasteiger partial charge in [0.1, 0.15) is 0 Å². The molecule has 3 atom stereocenters. The molecule has 1 amide bonds. The second kappa shape index (κ2) is 8.93. The van der Waals surface area contributed by atoms with Gasteiger partial charge in [0.05, 0.1) is 6.42 Å². The Kier molecular flexibility index (Phi) is 5.90. The third kappa shape index (κ3) is 4.32. The minimum absolute atomic E-state index is 0.215. The van der Waals surface area contributed by atoms with Crippen molar-refractivity contribution in [1.82, 2.24) is 10.2 Å². The van der Waals surface area contributed by atoms with Gasteiger partial charge in [-0.2, -0.15) is 0 Å². The van der Waals surface area contributed by atoms with E-state index in [-0.39, 0.29) is 5.91 Å². The highest BCUT2D eigenvalue weighted by atomic mass is 16.1. The van der Waals surface area contributed by atoms with Crippen molar-refractivity contribution in [2.75, 3.05) is 13.1 Å². The Hall–Kier alpha value is -2.13. The smallest absolute Gasteiger partial charge is 0.224 e. The number of hydrogen-bond donors (Lipinski definition) is 1. The topological polar surface area (TPSA) is 32.3 Å². The van der Waals surface area contributed by atoms with Crippen molar-refractivity contribution in [1.29, 1.82) is 0 Å². The van der Waals surface area contributed by atoms with Crippen molar-refractivity contribution >= 4 is 5.91 Å². The minimum atomic E-state index is 0.215. The van der Waals surface area contributed by atoms with Crippen LogP contribution in [-0.2, 0) is 17.8 Å². The van der Waals surface area contributed by atoms with Crippen LogP contribution in [-0.4, -0.2) is 29.9 Å². The number of carbonyl (C=O) groups is 1. The van der Waals surface area contributed by atoms with Crippen LogP contribution in [0.4, 0.5) is 0 Å². The SMILES string of the molecule is O=C(Cc1ccccc1C1CCCC1)N[C@H]1CC[C@H]2CN(Cc3ccccc3)C[C@H]21. The maximum Gasteiger partial charge on any atom is 0.224 e. The quantitative estimate of drug-likeness (QED) is 0.744. The van der Waals surface area contributed by atoms with Crippen molar-refractivity contribution in [3.63, 3.8) is 0 Å². The molecule has 0 radical (unpaired) electrons. The van der Waals surface area contributed by atoms with Gasteiger partial charge < -0.3 is 5.32 Å². The van der Waals surface area contributed by atoms with E-state index in [0.717, 1.165) is 25.4 Å². The Morgan fingerprint density at radius 2 is 1.67 bits per heavy atom. The van der Waals surface area contributed by atoms with Gasteiger partial charge in [0.15, 0.2) is 0 Å². The van der Waals surface area contributed by atoms with E-state index >= 15 is 0 Å². The van der Waals surface area contributed by atoms with E-state index in [9.17, 15) is 4.79 Å². The van der Waals surface area contributed by atoms with Gasteiger partial charge in [-0.25, -0.2) is 0 Å². The fraction of sp³-hybridized carbons (Fsp3) is 0.519. The van der Waals surface area contributed by atoms with Crippen LogP contribution in [0.5, 0.6) is 0 Å². The molecule has 3 fully saturated rings. The highest BCUT2D eigenvalue weighted by Crippen LogP contribution is 2.39. The summed E-state index contributed by atoms with van der Waals surface area (Å²) in [6.07, 6.45) is 8.15. The Morgan fingerprint density at radius 3 is 2.50 bits per heavy atom. The van der Waals surface area contributed by atoms with E-state index in [0.29, 0.717) is 24.3 Å². The van der Waals surface area contributed by atoms with Crippen LogP contribution in [0.2, 0.25) is 0 Å². The molecule has 3 heteroatoms. The lowest BCUT2D eigenvalue weighted by atomic mass is 9.91. The molecule has 0 aromatic heterocycles. The number of amides is 1. The lowest BCUT2D eigenvalue weighted by Gasteiger charge is -2.22. The van der Waals surface area contributed by atoms with Gasteiger partial charge >= 0.3 is 0 Å². The molecule has 0 spiro atoms. The number of rotatable bonds is 6. The Morgan fingerprint density at radius 1 is 0.900 bits per heavy atom. The van der Waals surface area contributed by atoms with Crippen LogP contribution < -0.4 is 5.32 Å². The first-order valence-electron chi connectivity index (χ1n) is 11.9. The third-order valence-electron chi connectivity index (χ3n) is 7.73. The third-order valence-corrected chi connectivity index (χ3v) is 7.73. The summed E-state index contributed by atoms with van der Waals surface area (Å²) in [5.74, 6) is 2.23. The number of hydrogen-bond acceptors (Lipinski definition) is 2. The average molecular weight is 403 g/mol. The summed E-state index contributed by atoms with van der Waals surface area (Å²) >= 11 is 0. The lowest BCUT2D eigenvalue weighted by molar-refractivity contribution is -0.121. The van der Waals surface area contributed by atoms with E-state index in [1.54, 1.807) is 0 Å². The zero-order chi connectivity index (χ0) is 20.3. The molecule has 3 nitrogen and oxygen atoms in total. The summed E-state index contributed by atoms with van der Waals surface area (Å²) in [5.41, 5.74) is 4.06. The van der Waals surface area contributed by atoms with E-state index in [2.05, 4.69) is 64.8 Å². The van der Waals surface area contributed by atoms with E-state index in [4.69, 9.17) is 0 Å². The highest BCUT2D eigenvalue weighted by Gasteiger charge is 2.42. The van der Waals surface area contributed by atoms with Gasteiger partial charge in [-0.1, -0.05) is 67.4 Å². The molecular formula is C27H34N2O. The lowest BCUT2D eigenvalue weighted by Crippen LogP contribution is -2.40. The second-order valence-electron chi connectivity index (χ2n) is 9.71. The van der Waals surface area contributed by atoms with Gasteiger partial charge in [-0.15, -0.1) is 0 Å². The molecule has 1 N–H and O–H groups in total. The first-order chi connectivity index (χ1) is 14.8. The predicted molar refractivity (Wildman–Crippen MR) is 121 cm³/mol. The van der Waals surface area contributed by atoms with Crippen LogP contribution in [0.25, 0.3) is 0 Å². The molecule has 3 aliphatic rings. The summed E-state index contributed by atoms with van der Waals surface area (Å²) in [6.45, 7) is 3.32. The summed E-state index contributed by atoms with van der Waals surface area (Å²) in [4.78, 5) is 15.6. The maximum atomic E-state index is 13.0. The van der Waals surface area contributed by atoms with Gasteiger partial charge in [-0.05, 0) is 60.1 Å². The molecule has 158 valence electrons. The molecule has 2 aliphatic carbocycles. The summed E-state index contributed by atoms with van der Waals surface area (Å²) < 4.78 is 0. The van der Waals surface area contributed by atoms with Gasteiger partial charge in [0.2, 0.25) is 5.91 Å². The zero-order valence-electron chi connectivity index (χ0n) is 17.9. The minimum Gasteiger partial charge on any atom is -0.353 e. The molecular weight excluding hydrogens is 368 g/mol. The predicted octanol–water partition coefficient (Wildman–Crippen LogP) is 4.91. The van der Waals surface area contributed by atoms with Gasteiger partial charge in [-0.3, -0.25) is 9.69 Å². The first-order valence-corrected chi connectivity index (χ1v) is 11.9. The monoisotopic (exact) mass is 402 g/mol. The van der Waals surface area contributed by atoms with Crippen LogP contribution >= 0.6 is 0 Å². The van der Waals surface area contributed by atoms with Crippen LogP contribution in [0.15, 0.2) is 54.6 Å². The number of benzene rings is 2. The summed E-state index contributed by atoms with van der Waals surface area (Å²) in [5, 5.41) is 3.44. The Balaban J connectivity index is 1.18. The molecule has 0 unspecified atom stereocenters. The second-order valence-corrected chi connectivity index (χ2v) is 9.71. The molecule has 0 bridgehead atoms. The molecule has 1 aliphatic heterocycles. The fourth-order valence-corrected chi connectivity index (χ4v) is 6.27. The molecule has 5 rings (SSSR count). The molecule has 2 aromatic rings.